The number of cyclic esters (lactones) is 1. The molecule has 6 nitrogen and oxygen atoms in total. The van der Waals surface area contributed by atoms with Crippen LogP contribution in [0.1, 0.15) is 53.5 Å². The molecule has 0 bridgehead atoms. The molecule has 0 saturated carbocycles. The molecule has 1 heterocycles. The number of carbonyl (C=O) groups is 2. The Kier molecular flexibility index (Phi) is 7.75. The number of hydrogen-bond acceptors (Lipinski definition) is 5. The second-order valence-corrected chi connectivity index (χ2v) is 11.2. The fourth-order valence-electron chi connectivity index (χ4n) is 4.04. The summed E-state index contributed by atoms with van der Waals surface area (Å²) in [6.45, 7) is 14.2. The average Bonchev–Trinajstić information content (AvgIpc) is 2.73. The Labute approximate surface area is 216 Å². The summed E-state index contributed by atoms with van der Waals surface area (Å²) in [4.78, 5) is 25.6. The van der Waals surface area contributed by atoms with E-state index in [4.69, 9.17) is 25.8 Å². The standard InChI is InChI=1S/C28H33ClFNO5/c1-17-28(7,24(32)35-27(5,6)34-17)16-21(31-25(33)36-26(2,3)4)14-18-8-10-19(11-9-18)22-15-20(29)12-13-23(22)30/h8-13,15,21H,1,14,16H2,2-7H3,(H,31,33)/t21-,28?/m1/s1. The van der Waals surface area contributed by atoms with Crippen LogP contribution in [0.5, 0.6) is 0 Å². The van der Waals surface area contributed by atoms with Gasteiger partial charge >= 0.3 is 12.1 Å². The first-order valence-electron chi connectivity index (χ1n) is 11.7. The zero-order valence-electron chi connectivity index (χ0n) is 21.5. The van der Waals surface area contributed by atoms with Crippen molar-refractivity contribution in [2.24, 2.45) is 5.41 Å². The Hall–Kier alpha value is -3.06. The Morgan fingerprint density at radius 1 is 1.14 bits per heavy atom. The van der Waals surface area contributed by atoms with Gasteiger partial charge in [0.15, 0.2) is 0 Å². The van der Waals surface area contributed by atoms with Crippen LogP contribution in [0.2, 0.25) is 5.02 Å². The Bertz CT molecular complexity index is 1130. The van der Waals surface area contributed by atoms with Crippen molar-refractivity contribution in [1.29, 1.82) is 0 Å². The van der Waals surface area contributed by atoms with Crippen molar-refractivity contribution in [2.45, 2.75) is 71.8 Å². The van der Waals surface area contributed by atoms with Crippen molar-refractivity contribution < 1.29 is 28.2 Å². The van der Waals surface area contributed by atoms with Gasteiger partial charge in [0, 0.05) is 30.5 Å². The summed E-state index contributed by atoms with van der Waals surface area (Å²) in [6, 6.07) is 11.1. The summed E-state index contributed by atoms with van der Waals surface area (Å²) >= 11 is 6.03. The number of benzene rings is 2. The molecule has 1 saturated heterocycles. The summed E-state index contributed by atoms with van der Waals surface area (Å²) in [5, 5.41) is 3.32. The van der Waals surface area contributed by atoms with E-state index in [1.165, 1.54) is 12.1 Å². The molecule has 1 fully saturated rings. The van der Waals surface area contributed by atoms with E-state index in [9.17, 15) is 14.0 Å². The van der Waals surface area contributed by atoms with E-state index >= 15 is 0 Å². The van der Waals surface area contributed by atoms with E-state index in [1.54, 1.807) is 59.7 Å². The third kappa shape index (κ3) is 6.78. The quantitative estimate of drug-likeness (QED) is 0.426. The van der Waals surface area contributed by atoms with Crippen LogP contribution in [-0.4, -0.2) is 29.5 Å². The first kappa shape index (κ1) is 27.5. The van der Waals surface area contributed by atoms with Gasteiger partial charge in [0.25, 0.3) is 0 Å². The van der Waals surface area contributed by atoms with Crippen molar-refractivity contribution in [3.05, 3.63) is 71.2 Å². The molecule has 36 heavy (non-hydrogen) atoms. The largest absolute Gasteiger partial charge is 0.457 e. The predicted molar refractivity (Wildman–Crippen MR) is 137 cm³/mol. The van der Waals surface area contributed by atoms with E-state index in [-0.39, 0.29) is 18.0 Å². The zero-order valence-corrected chi connectivity index (χ0v) is 22.3. The summed E-state index contributed by atoms with van der Waals surface area (Å²) in [5.74, 6) is -1.70. The van der Waals surface area contributed by atoms with Gasteiger partial charge in [-0.2, -0.15) is 0 Å². The van der Waals surface area contributed by atoms with E-state index in [2.05, 4.69) is 11.9 Å². The zero-order chi connectivity index (χ0) is 26.9. The minimum atomic E-state index is -1.18. The highest BCUT2D eigenvalue weighted by atomic mass is 35.5. The molecule has 2 atom stereocenters. The third-order valence-electron chi connectivity index (χ3n) is 5.82. The molecule has 0 aromatic heterocycles. The van der Waals surface area contributed by atoms with Gasteiger partial charge < -0.3 is 19.5 Å². The average molecular weight is 518 g/mol. The number of carbonyl (C=O) groups excluding carboxylic acids is 2. The van der Waals surface area contributed by atoms with Gasteiger partial charge in [-0.05, 0) is 69.9 Å². The third-order valence-corrected chi connectivity index (χ3v) is 6.06. The molecular weight excluding hydrogens is 485 g/mol. The first-order chi connectivity index (χ1) is 16.6. The van der Waals surface area contributed by atoms with Gasteiger partial charge in [-0.25, -0.2) is 9.18 Å². The number of nitrogens with one attached hydrogen (secondary N) is 1. The van der Waals surface area contributed by atoms with Crippen LogP contribution in [0.25, 0.3) is 11.1 Å². The molecule has 2 aromatic rings. The Balaban J connectivity index is 1.85. The first-order valence-corrected chi connectivity index (χ1v) is 12.1. The molecule has 1 N–H and O–H groups in total. The van der Waals surface area contributed by atoms with Gasteiger partial charge in [-0.1, -0.05) is 42.4 Å². The molecule has 0 radical (unpaired) electrons. The lowest BCUT2D eigenvalue weighted by Gasteiger charge is -2.43. The summed E-state index contributed by atoms with van der Waals surface area (Å²) < 4.78 is 31.0. The molecule has 3 rings (SSSR count). The van der Waals surface area contributed by atoms with Crippen LogP contribution in [0, 0.1) is 11.2 Å². The van der Waals surface area contributed by atoms with Crippen LogP contribution < -0.4 is 5.32 Å². The number of amides is 1. The van der Waals surface area contributed by atoms with E-state index in [0.29, 0.717) is 22.6 Å². The monoisotopic (exact) mass is 517 g/mol. The van der Waals surface area contributed by atoms with Gasteiger partial charge in [0.05, 0.1) is 0 Å². The van der Waals surface area contributed by atoms with Gasteiger partial charge in [-0.15, -0.1) is 0 Å². The molecule has 194 valence electrons. The molecular formula is C28H33ClFNO5. The molecule has 0 spiro atoms. The SMILES string of the molecule is C=C1OC(C)(C)OC(=O)C1(C)C[C@@H](Cc1ccc(-c2cc(Cl)ccc2F)cc1)NC(=O)OC(C)(C)C. The minimum absolute atomic E-state index is 0.171. The van der Waals surface area contributed by atoms with Gasteiger partial charge in [0.2, 0.25) is 5.79 Å². The van der Waals surface area contributed by atoms with Crippen LogP contribution in [-0.2, 0) is 25.4 Å². The number of hydrogen-bond donors (Lipinski definition) is 1. The van der Waals surface area contributed by atoms with E-state index in [1.807, 2.05) is 12.1 Å². The van der Waals surface area contributed by atoms with E-state index < -0.39 is 34.9 Å². The van der Waals surface area contributed by atoms with Gasteiger partial charge in [0.1, 0.15) is 22.6 Å². The molecule has 1 amide bonds. The molecule has 2 aromatic carbocycles. The number of rotatable bonds is 6. The highest BCUT2D eigenvalue weighted by molar-refractivity contribution is 6.30. The van der Waals surface area contributed by atoms with Gasteiger partial charge in [-0.3, -0.25) is 4.79 Å². The maximum atomic E-state index is 14.3. The van der Waals surface area contributed by atoms with Crippen molar-refractivity contribution in [3.8, 4) is 11.1 Å². The van der Waals surface area contributed by atoms with Crippen molar-refractivity contribution >= 4 is 23.7 Å². The second kappa shape index (κ2) is 10.1. The maximum absolute atomic E-state index is 14.3. The van der Waals surface area contributed by atoms with Crippen LogP contribution in [0.15, 0.2) is 54.8 Å². The Morgan fingerprint density at radius 3 is 2.36 bits per heavy atom. The van der Waals surface area contributed by atoms with E-state index in [0.717, 1.165) is 5.56 Å². The molecule has 1 aliphatic rings. The molecule has 1 aliphatic heterocycles. The lowest BCUT2D eigenvalue weighted by atomic mass is 9.79. The number of alkyl carbamates (subject to hydrolysis) is 1. The lowest BCUT2D eigenvalue weighted by Crippen LogP contribution is -2.51. The fraction of sp³-hybridized carbons (Fsp3) is 0.429. The second-order valence-electron chi connectivity index (χ2n) is 10.7. The summed E-state index contributed by atoms with van der Waals surface area (Å²) in [7, 11) is 0. The smallest absolute Gasteiger partial charge is 0.407 e. The van der Waals surface area contributed by atoms with Crippen molar-refractivity contribution in [3.63, 3.8) is 0 Å². The summed E-state index contributed by atoms with van der Waals surface area (Å²) in [6.07, 6.45) is -0.0633. The van der Waals surface area contributed by atoms with Crippen molar-refractivity contribution in [2.75, 3.05) is 0 Å². The van der Waals surface area contributed by atoms with Crippen LogP contribution in [0.4, 0.5) is 9.18 Å². The van der Waals surface area contributed by atoms with Crippen molar-refractivity contribution in [1.82, 2.24) is 5.32 Å². The highest BCUT2D eigenvalue weighted by Gasteiger charge is 2.50. The van der Waals surface area contributed by atoms with Crippen LogP contribution in [0.3, 0.4) is 0 Å². The highest BCUT2D eigenvalue weighted by Crippen LogP contribution is 2.42. The van der Waals surface area contributed by atoms with Crippen LogP contribution >= 0.6 is 11.6 Å². The summed E-state index contributed by atoms with van der Waals surface area (Å²) in [5.41, 5.74) is 0.0518. The molecule has 0 aliphatic carbocycles. The maximum Gasteiger partial charge on any atom is 0.407 e. The number of ether oxygens (including phenoxy) is 3. The lowest BCUT2D eigenvalue weighted by molar-refractivity contribution is -0.239. The normalized spacial score (nSPS) is 20.2. The minimum Gasteiger partial charge on any atom is -0.457 e. The number of esters is 1. The Morgan fingerprint density at radius 2 is 1.78 bits per heavy atom. The fourth-order valence-corrected chi connectivity index (χ4v) is 4.21. The number of halogens is 2. The predicted octanol–water partition coefficient (Wildman–Crippen LogP) is 6.80. The molecule has 1 unspecified atom stereocenters. The topological polar surface area (TPSA) is 73.9 Å². The molecule has 8 heteroatoms.